The van der Waals surface area contributed by atoms with Gasteiger partial charge in [-0.05, 0) is 31.9 Å². The number of likely N-dealkylation sites (tertiary alicyclic amines) is 1. The SMILES string of the molecule is Cc1nn(-c2ccccc2Cl)c2c1S(=O)(=O)N=C(N1CCCC1)O2. The molecule has 0 atom stereocenters. The van der Waals surface area contributed by atoms with Gasteiger partial charge in [0.1, 0.15) is 0 Å². The van der Waals surface area contributed by atoms with Crippen LogP contribution in [0, 0.1) is 6.92 Å². The van der Waals surface area contributed by atoms with Gasteiger partial charge in [0.15, 0.2) is 4.90 Å². The van der Waals surface area contributed by atoms with Gasteiger partial charge in [-0.15, -0.1) is 4.40 Å². The number of sulfonamides is 1. The van der Waals surface area contributed by atoms with Gasteiger partial charge < -0.3 is 9.64 Å². The lowest BCUT2D eigenvalue weighted by Gasteiger charge is -2.23. The molecule has 0 N–H and O–H groups in total. The van der Waals surface area contributed by atoms with Crippen LogP contribution in [0.15, 0.2) is 33.6 Å². The number of fused-ring (bicyclic) bond motifs is 1. The number of ether oxygens (including phenoxy) is 1. The molecule has 0 spiro atoms. The van der Waals surface area contributed by atoms with Crippen LogP contribution in [0.3, 0.4) is 0 Å². The molecule has 0 amide bonds. The summed E-state index contributed by atoms with van der Waals surface area (Å²) in [7, 11) is -3.86. The Morgan fingerprint density at radius 3 is 2.62 bits per heavy atom. The molecular formula is C15H15ClN4O3S. The molecule has 7 nitrogen and oxygen atoms in total. The highest BCUT2D eigenvalue weighted by molar-refractivity contribution is 7.90. The van der Waals surface area contributed by atoms with Crippen LogP contribution in [0.1, 0.15) is 18.5 Å². The average Bonchev–Trinajstić information content (AvgIpc) is 3.15. The van der Waals surface area contributed by atoms with E-state index < -0.39 is 10.0 Å². The maximum atomic E-state index is 12.6. The van der Waals surface area contributed by atoms with E-state index in [0.29, 0.717) is 16.4 Å². The lowest BCUT2D eigenvalue weighted by molar-refractivity contribution is 0.367. The minimum absolute atomic E-state index is 0.00892. The molecule has 0 saturated carbocycles. The first kappa shape index (κ1) is 15.5. The van der Waals surface area contributed by atoms with Crippen molar-refractivity contribution in [3.8, 4) is 11.6 Å². The summed E-state index contributed by atoms with van der Waals surface area (Å²) in [5, 5.41) is 4.77. The second kappa shape index (κ2) is 5.49. The van der Waals surface area contributed by atoms with E-state index in [9.17, 15) is 8.42 Å². The van der Waals surface area contributed by atoms with Gasteiger partial charge in [0.2, 0.25) is 5.88 Å². The first-order valence-electron chi connectivity index (χ1n) is 7.60. The van der Waals surface area contributed by atoms with Crippen LogP contribution in [-0.2, 0) is 10.0 Å². The second-order valence-corrected chi connectivity index (χ2v) is 7.68. The Kier molecular flexibility index (Phi) is 3.54. The van der Waals surface area contributed by atoms with Crippen LogP contribution in [0.4, 0.5) is 0 Å². The molecule has 0 bridgehead atoms. The van der Waals surface area contributed by atoms with Crippen LogP contribution in [0.5, 0.6) is 5.88 Å². The standard InChI is InChI=1S/C15H15ClN4O3S/c1-10-13-14(20(17-10)12-7-3-2-6-11(12)16)23-15(18-24(13,21)22)19-8-4-5-9-19/h2-3,6-7H,4-5,8-9H2,1H3. The topological polar surface area (TPSA) is 76.8 Å². The van der Waals surface area contributed by atoms with E-state index in [-0.39, 0.29) is 16.8 Å². The molecule has 0 aliphatic carbocycles. The summed E-state index contributed by atoms with van der Waals surface area (Å²) >= 11 is 6.24. The molecule has 3 heterocycles. The predicted octanol–water partition coefficient (Wildman–Crippen LogP) is 2.37. The molecule has 1 saturated heterocycles. The van der Waals surface area contributed by atoms with Crippen molar-refractivity contribution in [2.45, 2.75) is 24.7 Å². The van der Waals surface area contributed by atoms with Gasteiger partial charge in [-0.1, -0.05) is 23.7 Å². The van der Waals surface area contributed by atoms with Crippen molar-refractivity contribution in [2.24, 2.45) is 4.40 Å². The number of hydrogen-bond donors (Lipinski definition) is 0. The fourth-order valence-electron chi connectivity index (χ4n) is 2.95. The number of aryl methyl sites for hydroxylation is 1. The first-order valence-corrected chi connectivity index (χ1v) is 9.41. The predicted molar refractivity (Wildman–Crippen MR) is 89.4 cm³/mol. The first-order chi connectivity index (χ1) is 11.5. The van der Waals surface area contributed by atoms with Crippen LogP contribution < -0.4 is 4.74 Å². The maximum Gasteiger partial charge on any atom is 0.310 e. The molecule has 0 radical (unpaired) electrons. The summed E-state index contributed by atoms with van der Waals surface area (Å²) in [6.07, 6.45) is 1.97. The molecule has 1 aromatic carbocycles. The normalized spacial score (nSPS) is 18.9. The minimum Gasteiger partial charge on any atom is -0.405 e. The van der Waals surface area contributed by atoms with Crippen LogP contribution >= 0.6 is 11.6 Å². The Bertz CT molecular complexity index is 946. The van der Waals surface area contributed by atoms with E-state index in [4.69, 9.17) is 16.3 Å². The van der Waals surface area contributed by atoms with Gasteiger partial charge in [0.25, 0.3) is 10.0 Å². The van der Waals surface area contributed by atoms with E-state index >= 15 is 0 Å². The summed E-state index contributed by atoms with van der Waals surface area (Å²) in [5.41, 5.74) is 0.885. The number of halogens is 1. The summed E-state index contributed by atoms with van der Waals surface area (Å²) in [4.78, 5) is 1.82. The fraction of sp³-hybridized carbons (Fsp3) is 0.333. The largest absolute Gasteiger partial charge is 0.405 e. The Labute approximate surface area is 144 Å². The number of benzene rings is 1. The third kappa shape index (κ3) is 2.37. The fourth-order valence-corrected chi connectivity index (χ4v) is 4.38. The van der Waals surface area contributed by atoms with Gasteiger partial charge in [0, 0.05) is 13.1 Å². The van der Waals surface area contributed by atoms with Crippen molar-refractivity contribution < 1.29 is 13.2 Å². The average molecular weight is 367 g/mol. The zero-order valence-corrected chi connectivity index (χ0v) is 14.5. The van der Waals surface area contributed by atoms with Gasteiger partial charge in [0.05, 0.1) is 16.4 Å². The molecule has 0 unspecified atom stereocenters. The zero-order chi connectivity index (χ0) is 16.9. The smallest absolute Gasteiger partial charge is 0.310 e. The van der Waals surface area contributed by atoms with Crippen molar-refractivity contribution in [2.75, 3.05) is 13.1 Å². The minimum atomic E-state index is -3.86. The summed E-state index contributed by atoms with van der Waals surface area (Å²) in [5.74, 6) is 0.137. The highest BCUT2D eigenvalue weighted by atomic mass is 35.5. The molecule has 24 heavy (non-hydrogen) atoms. The third-order valence-electron chi connectivity index (χ3n) is 4.07. The molecule has 2 aliphatic rings. The van der Waals surface area contributed by atoms with Gasteiger partial charge in [-0.25, -0.2) is 0 Å². The number of amidine groups is 1. The lowest BCUT2D eigenvalue weighted by atomic mass is 10.3. The molecule has 126 valence electrons. The molecule has 2 aromatic rings. The van der Waals surface area contributed by atoms with Crippen LogP contribution in [0.25, 0.3) is 5.69 Å². The summed E-state index contributed by atoms with van der Waals surface area (Å²) in [6.45, 7) is 3.06. The van der Waals surface area contributed by atoms with E-state index in [1.807, 2.05) is 4.90 Å². The summed E-state index contributed by atoms with van der Waals surface area (Å²) in [6, 6.07) is 7.17. The number of aromatic nitrogens is 2. The number of para-hydroxylation sites is 1. The van der Waals surface area contributed by atoms with E-state index in [1.54, 1.807) is 31.2 Å². The maximum absolute atomic E-state index is 12.6. The molecule has 1 fully saturated rings. The number of rotatable bonds is 1. The van der Waals surface area contributed by atoms with Crippen molar-refractivity contribution in [1.82, 2.24) is 14.7 Å². The molecule has 2 aliphatic heterocycles. The highest BCUT2D eigenvalue weighted by Crippen LogP contribution is 2.36. The van der Waals surface area contributed by atoms with Gasteiger partial charge in [-0.3, -0.25) is 0 Å². The Morgan fingerprint density at radius 2 is 1.92 bits per heavy atom. The van der Waals surface area contributed by atoms with Crippen molar-refractivity contribution in [3.05, 3.63) is 35.0 Å². The highest BCUT2D eigenvalue weighted by Gasteiger charge is 2.37. The second-order valence-electron chi connectivity index (χ2n) is 5.73. The van der Waals surface area contributed by atoms with Crippen LogP contribution in [0.2, 0.25) is 5.02 Å². The number of nitrogens with zero attached hydrogens (tertiary/aromatic N) is 4. The monoisotopic (exact) mass is 366 g/mol. The zero-order valence-electron chi connectivity index (χ0n) is 12.9. The molecule has 1 aromatic heterocycles. The van der Waals surface area contributed by atoms with Crippen molar-refractivity contribution in [1.29, 1.82) is 0 Å². The number of hydrogen-bond acceptors (Lipinski definition) is 5. The lowest BCUT2D eigenvalue weighted by Crippen LogP contribution is -2.36. The van der Waals surface area contributed by atoms with Gasteiger partial charge in [-0.2, -0.15) is 18.2 Å². The Hall–Kier alpha value is -2.06. The molecule has 4 rings (SSSR count). The van der Waals surface area contributed by atoms with Crippen molar-refractivity contribution >= 4 is 27.6 Å². The van der Waals surface area contributed by atoms with Crippen molar-refractivity contribution in [3.63, 3.8) is 0 Å². The van der Waals surface area contributed by atoms with E-state index in [1.165, 1.54) is 4.68 Å². The van der Waals surface area contributed by atoms with Gasteiger partial charge >= 0.3 is 6.02 Å². The Balaban J connectivity index is 1.88. The van der Waals surface area contributed by atoms with Crippen LogP contribution in [-0.4, -0.2) is 42.2 Å². The molecule has 9 heteroatoms. The quantitative estimate of drug-likeness (QED) is 0.774. The molecular weight excluding hydrogens is 352 g/mol. The third-order valence-corrected chi connectivity index (χ3v) is 5.77. The van der Waals surface area contributed by atoms with E-state index in [2.05, 4.69) is 9.50 Å². The summed E-state index contributed by atoms with van der Waals surface area (Å²) < 4.78 is 36.3. The van der Waals surface area contributed by atoms with E-state index in [0.717, 1.165) is 25.9 Å². The Morgan fingerprint density at radius 1 is 1.21 bits per heavy atom.